The van der Waals surface area contributed by atoms with Gasteiger partial charge in [0, 0.05) is 10.5 Å². The van der Waals surface area contributed by atoms with Gasteiger partial charge in [0.1, 0.15) is 18.2 Å². The largest absolute Gasteiger partial charge is 0.489 e. The maximum atomic E-state index is 14.3. The van der Waals surface area contributed by atoms with Gasteiger partial charge in [-0.25, -0.2) is 4.39 Å². The van der Waals surface area contributed by atoms with Crippen LogP contribution in [0.2, 0.25) is 5.02 Å². The van der Waals surface area contributed by atoms with E-state index in [0.717, 1.165) is 23.4 Å². The zero-order chi connectivity index (χ0) is 22.9. The van der Waals surface area contributed by atoms with Crippen LogP contribution >= 0.6 is 23.5 Å². The summed E-state index contributed by atoms with van der Waals surface area (Å²) in [6.45, 7) is 2.69. The number of rotatable bonds is 4. The van der Waals surface area contributed by atoms with Crippen molar-refractivity contribution in [3.05, 3.63) is 88.2 Å². The van der Waals surface area contributed by atoms with Crippen molar-refractivity contribution in [1.82, 2.24) is 0 Å². The monoisotopic (exact) mass is 479 g/mol. The highest BCUT2D eigenvalue weighted by Crippen LogP contribution is 2.41. The number of allylic oxidation sites excluding steroid dienone is 1. The van der Waals surface area contributed by atoms with Gasteiger partial charge in [0.2, 0.25) is 0 Å². The molecule has 0 aliphatic carbocycles. The standard InChI is InChI=1S/C24H18ClF4NOS/c1-15(23-19(25)6-3-7-20(23)26)12-16-8-9-22-21(13-16)30(10-11-31-22)32-18-5-2-4-17(14-18)24(27,28)29/h2-9,12-14H,10-11H2,1H3/b15-12+. The molecule has 0 saturated carbocycles. The van der Waals surface area contributed by atoms with Gasteiger partial charge in [-0.1, -0.05) is 35.9 Å². The number of benzene rings is 3. The normalized spacial score (nSPS) is 14.2. The van der Waals surface area contributed by atoms with Crippen molar-refractivity contribution >= 4 is 40.9 Å². The minimum Gasteiger partial charge on any atom is -0.489 e. The number of alkyl halides is 3. The summed E-state index contributed by atoms with van der Waals surface area (Å²) >= 11 is 7.39. The fourth-order valence-corrected chi connectivity index (χ4v) is 4.74. The number of anilines is 1. The number of halogens is 5. The maximum absolute atomic E-state index is 14.3. The van der Waals surface area contributed by atoms with Gasteiger partial charge < -0.3 is 9.04 Å². The van der Waals surface area contributed by atoms with Crippen molar-refractivity contribution in [1.29, 1.82) is 0 Å². The average molecular weight is 480 g/mol. The summed E-state index contributed by atoms with van der Waals surface area (Å²) in [5.74, 6) is 0.226. The molecule has 0 saturated heterocycles. The quantitative estimate of drug-likeness (QED) is 0.214. The van der Waals surface area contributed by atoms with Gasteiger partial charge in [0.15, 0.2) is 0 Å². The average Bonchev–Trinajstić information content (AvgIpc) is 2.74. The molecule has 0 fully saturated rings. The van der Waals surface area contributed by atoms with Crippen LogP contribution in [0.25, 0.3) is 11.6 Å². The molecule has 0 N–H and O–H groups in total. The van der Waals surface area contributed by atoms with Crippen LogP contribution in [0.3, 0.4) is 0 Å². The predicted molar refractivity (Wildman–Crippen MR) is 122 cm³/mol. The summed E-state index contributed by atoms with van der Waals surface area (Å²) in [6.07, 6.45) is -2.59. The van der Waals surface area contributed by atoms with E-state index in [4.69, 9.17) is 16.3 Å². The lowest BCUT2D eigenvalue weighted by Gasteiger charge is -2.30. The zero-order valence-corrected chi connectivity index (χ0v) is 18.5. The molecule has 1 aliphatic heterocycles. The van der Waals surface area contributed by atoms with E-state index in [-0.39, 0.29) is 0 Å². The van der Waals surface area contributed by atoms with E-state index in [1.165, 1.54) is 24.1 Å². The summed E-state index contributed by atoms with van der Waals surface area (Å²) in [7, 11) is 0. The van der Waals surface area contributed by atoms with Gasteiger partial charge >= 0.3 is 6.18 Å². The van der Waals surface area contributed by atoms with Crippen LogP contribution in [0, 0.1) is 5.82 Å². The number of fused-ring (bicyclic) bond motifs is 1. The first-order valence-corrected chi connectivity index (χ1v) is 10.9. The van der Waals surface area contributed by atoms with Crippen molar-refractivity contribution < 1.29 is 22.3 Å². The maximum Gasteiger partial charge on any atom is 0.416 e. The third-order valence-corrected chi connectivity index (χ3v) is 6.30. The summed E-state index contributed by atoms with van der Waals surface area (Å²) in [5, 5.41) is 0.321. The Bertz CT molecular complexity index is 1160. The van der Waals surface area contributed by atoms with Crippen LogP contribution in [0.5, 0.6) is 5.75 Å². The van der Waals surface area contributed by atoms with E-state index >= 15 is 0 Å². The summed E-state index contributed by atoms with van der Waals surface area (Å²) in [4.78, 5) is 0.475. The molecule has 2 nitrogen and oxygen atoms in total. The molecule has 0 radical (unpaired) electrons. The second-order valence-corrected chi connectivity index (χ2v) is 8.72. The lowest BCUT2D eigenvalue weighted by molar-refractivity contribution is -0.137. The number of ether oxygens (including phenoxy) is 1. The van der Waals surface area contributed by atoms with Crippen LogP contribution in [0.1, 0.15) is 23.6 Å². The highest BCUT2D eigenvalue weighted by atomic mass is 35.5. The molecule has 3 aromatic carbocycles. The highest BCUT2D eigenvalue weighted by molar-refractivity contribution is 8.00. The third kappa shape index (κ3) is 4.89. The molecule has 4 rings (SSSR count). The zero-order valence-electron chi connectivity index (χ0n) is 16.9. The molecule has 0 atom stereocenters. The molecule has 1 aliphatic rings. The summed E-state index contributed by atoms with van der Waals surface area (Å²) in [5.41, 5.74) is 1.82. The minimum atomic E-state index is -4.40. The lowest BCUT2D eigenvalue weighted by atomic mass is 10.0. The first kappa shape index (κ1) is 22.6. The minimum absolute atomic E-state index is 0.321. The number of hydrogen-bond donors (Lipinski definition) is 0. The topological polar surface area (TPSA) is 12.5 Å². The molecule has 0 aromatic heterocycles. The molecule has 1 heterocycles. The molecule has 0 bridgehead atoms. The molecule has 0 amide bonds. The van der Waals surface area contributed by atoms with Gasteiger partial charge in [-0.15, -0.1) is 0 Å². The smallest absolute Gasteiger partial charge is 0.416 e. The molecule has 0 unspecified atom stereocenters. The van der Waals surface area contributed by atoms with Crippen LogP contribution < -0.4 is 9.04 Å². The Morgan fingerprint density at radius 2 is 1.88 bits per heavy atom. The van der Waals surface area contributed by atoms with Crippen LogP contribution in [-0.2, 0) is 6.18 Å². The van der Waals surface area contributed by atoms with Crippen molar-refractivity contribution in [2.45, 2.75) is 18.0 Å². The van der Waals surface area contributed by atoms with Crippen molar-refractivity contribution in [3.63, 3.8) is 0 Å². The Morgan fingerprint density at radius 3 is 2.62 bits per heavy atom. The van der Waals surface area contributed by atoms with Crippen LogP contribution in [-0.4, -0.2) is 13.2 Å². The van der Waals surface area contributed by atoms with Crippen molar-refractivity contribution in [2.75, 3.05) is 17.5 Å². The Balaban J connectivity index is 1.64. The van der Waals surface area contributed by atoms with Gasteiger partial charge in [-0.05, 0) is 72.5 Å². The van der Waals surface area contributed by atoms with E-state index in [1.807, 2.05) is 22.5 Å². The van der Waals surface area contributed by atoms with Crippen molar-refractivity contribution in [3.8, 4) is 5.75 Å². The Kier molecular flexibility index (Phi) is 6.40. The fraction of sp³-hybridized carbons (Fsp3) is 0.167. The van der Waals surface area contributed by atoms with Crippen LogP contribution in [0.4, 0.5) is 23.2 Å². The summed E-state index contributed by atoms with van der Waals surface area (Å²) < 4.78 is 61.1. The van der Waals surface area contributed by atoms with Crippen LogP contribution in [0.15, 0.2) is 65.6 Å². The highest BCUT2D eigenvalue weighted by Gasteiger charge is 2.31. The fourth-order valence-electron chi connectivity index (χ4n) is 3.45. The molecule has 8 heteroatoms. The SMILES string of the molecule is C/C(=C\c1ccc2c(c1)N(Sc1cccc(C(F)(F)F)c1)CCO2)c1c(F)cccc1Cl. The van der Waals surface area contributed by atoms with E-state index in [0.29, 0.717) is 40.0 Å². The summed E-state index contributed by atoms with van der Waals surface area (Å²) in [6, 6.07) is 15.3. The second-order valence-electron chi connectivity index (χ2n) is 7.22. The van der Waals surface area contributed by atoms with E-state index in [1.54, 1.807) is 31.2 Å². The Labute approximate surface area is 192 Å². The first-order chi connectivity index (χ1) is 15.2. The van der Waals surface area contributed by atoms with E-state index in [2.05, 4.69) is 0 Å². The van der Waals surface area contributed by atoms with E-state index in [9.17, 15) is 17.6 Å². The van der Waals surface area contributed by atoms with Gasteiger partial charge in [0.05, 0.1) is 22.8 Å². The molecule has 3 aromatic rings. The molecule has 0 spiro atoms. The van der Waals surface area contributed by atoms with Crippen molar-refractivity contribution in [2.24, 2.45) is 0 Å². The molecular formula is C24H18ClF4NOS. The Hall–Kier alpha value is -2.64. The lowest BCUT2D eigenvalue weighted by Crippen LogP contribution is -2.26. The number of hydrogen-bond acceptors (Lipinski definition) is 3. The van der Waals surface area contributed by atoms with Gasteiger partial charge in [-0.3, -0.25) is 0 Å². The molecule has 32 heavy (non-hydrogen) atoms. The Morgan fingerprint density at radius 1 is 1.09 bits per heavy atom. The predicted octanol–water partition coefficient (Wildman–Crippen LogP) is 7.96. The first-order valence-electron chi connectivity index (χ1n) is 9.75. The number of nitrogens with zero attached hydrogens (tertiary/aromatic N) is 1. The van der Waals surface area contributed by atoms with Gasteiger partial charge in [0.25, 0.3) is 0 Å². The van der Waals surface area contributed by atoms with E-state index < -0.39 is 17.6 Å². The molecule has 166 valence electrons. The molecular weight excluding hydrogens is 462 g/mol. The second kappa shape index (κ2) is 9.08. The van der Waals surface area contributed by atoms with Gasteiger partial charge in [-0.2, -0.15) is 13.2 Å². The third-order valence-electron chi connectivity index (χ3n) is 4.92.